The van der Waals surface area contributed by atoms with E-state index < -0.39 is 0 Å². The summed E-state index contributed by atoms with van der Waals surface area (Å²) in [4.78, 5) is 4.06. The Bertz CT molecular complexity index is 364. The molecule has 14 heavy (non-hydrogen) atoms. The number of rotatable bonds is 1. The zero-order valence-corrected chi connectivity index (χ0v) is 9.60. The molecule has 0 aliphatic carbocycles. The van der Waals surface area contributed by atoms with E-state index in [1.807, 2.05) is 0 Å². The maximum atomic E-state index is 5.88. The predicted octanol–water partition coefficient (Wildman–Crippen LogP) is 2.26. The molecular formula is C12H18N2. The summed E-state index contributed by atoms with van der Waals surface area (Å²) in [7, 11) is 1.73. The Hall–Kier alpha value is -1.31. The molecule has 0 amide bonds. The number of nitrogens with two attached hydrogens (primary N) is 1. The third-order valence-electron chi connectivity index (χ3n) is 2.86. The summed E-state index contributed by atoms with van der Waals surface area (Å²) < 4.78 is 0. The number of amidine groups is 1. The number of aryl methyl sites for hydroxylation is 2. The van der Waals surface area contributed by atoms with Gasteiger partial charge in [-0.1, -0.05) is 6.07 Å². The van der Waals surface area contributed by atoms with Crippen LogP contribution in [0, 0.1) is 27.7 Å². The Morgan fingerprint density at radius 3 is 1.86 bits per heavy atom. The summed E-state index contributed by atoms with van der Waals surface area (Å²) in [5.41, 5.74) is 12.0. The second kappa shape index (κ2) is 3.82. The molecule has 0 aliphatic heterocycles. The fourth-order valence-electron chi connectivity index (χ4n) is 1.71. The van der Waals surface area contributed by atoms with Crippen molar-refractivity contribution in [2.45, 2.75) is 27.7 Å². The highest BCUT2D eigenvalue weighted by Gasteiger charge is 2.10. The van der Waals surface area contributed by atoms with Crippen LogP contribution in [-0.2, 0) is 0 Å². The lowest BCUT2D eigenvalue weighted by Crippen LogP contribution is -2.17. The van der Waals surface area contributed by atoms with Crippen LogP contribution in [0.25, 0.3) is 0 Å². The summed E-state index contributed by atoms with van der Waals surface area (Å²) >= 11 is 0. The van der Waals surface area contributed by atoms with Crippen LogP contribution in [0.5, 0.6) is 0 Å². The Kier molecular flexibility index (Phi) is 2.94. The standard InChI is InChI=1S/C12H18N2/c1-7-6-8(2)10(4)11(9(7)3)12(13)14-5/h6H,1-5H3,(H2,13,14). The quantitative estimate of drug-likeness (QED) is 0.535. The molecule has 0 aromatic heterocycles. The van der Waals surface area contributed by atoms with Crippen LogP contribution in [0.4, 0.5) is 0 Å². The molecule has 2 heteroatoms. The molecule has 0 atom stereocenters. The van der Waals surface area contributed by atoms with Crippen molar-refractivity contribution < 1.29 is 0 Å². The molecule has 2 N–H and O–H groups in total. The van der Waals surface area contributed by atoms with Gasteiger partial charge in [0.15, 0.2) is 0 Å². The Morgan fingerprint density at radius 2 is 1.50 bits per heavy atom. The third-order valence-corrected chi connectivity index (χ3v) is 2.86. The zero-order chi connectivity index (χ0) is 10.9. The maximum Gasteiger partial charge on any atom is 0.125 e. The van der Waals surface area contributed by atoms with Crippen molar-refractivity contribution in [2.24, 2.45) is 10.7 Å². The van der Waals surface area contributed by atoms with E-state index >= 15 is 0 Å². The van der Waals surface area contributed by atoms with E-state index in [-0.39, 0.29) is 0 Å². The molecule has 1 aromatic carbocycles. The van der Waals surface area contributed by atoms with Crippen LogP contribution in [0.15, 0.2) is 11.1 Å². The molecule has 1 aromatic rings. The average Bonchev–Trinajstić information content (AvgIpc) is 2.15. The summed E-state index contributed by atoms with van der Waals surface area (Å²) in [5.74, 6) is 0.631. The van der Waals surface area contributed by atoms with Crippen molar-refractivity contribution >= 4 is 5.84 Å². The molecule has 2 nitrogen and oxygen atoms in total. The summed E-state index contributed by atoms with van der Waals surface area (Å²) in [5, 5.41) is 0. The van der Waals surface area contributed by atoms with E-state index in [2.05, 4.69) is 38.8 Å². The summed E-state index contributed by atoms with van der Waals surface area (Å²) in [6.45, 7) is 8.40. The Morgan fingerprint density at radius 1 is 1.07 bits per heavy atom. The first-order chi connectivity index (χ1) is 6.49. The summed E-state index contributed by atoms with van der Waals surface area (Å²) in [6, 6.07) is 2.19. The first kappa shape index (κ1) is 10.8. The number of nitrogens with zero attached hydrogens (tertiary/aromatic N) is 1. The van der Waals surface area contributed by atoms with Gasteiger partial charge in [-0.3, -0.25) is 4.99 Å². The van der Waals surface area contributed by atoms with Gasteiger partial charge >= 0.3 is 0 Å². The topological polar surface area (TPSA) is 38.4 Å². The number of hydrogen-bond donors (Lipinski definition) is 1. The van der Waals surface area contributed by atoms with Gasteiger partial charge in [-0.25, -0.2) is 0 Å². The van der Waals surface area contributed by atoms with Crippen molar-refractivity contribution in [2.75, 3.05) is 7.05 Å². The highest BCUT2D eigenvalue weighted by molar-refractivity contribution is 6.00. The minimum Gasteiger partial charge on any atom is -0.383 e. The largest absolute Gasteiger partial charge is 0.383 e. The van der Waals surface area contributed by atoms with Crippen molar-refractivity contribution in [3.63, 3.8) is 0 Å². The molecule has 0 saturated carbocycles. The number of benzene rings is 1. The molecule has 76 valence electrons. The SMILES string of the molecule is CN=C(N)c1c(C)c(C)cc(C)c1C. The molecular weight excluding hydrogens is 172 g/mol. The number of hydrogen-bond acceptors (Lipinski definition) is 1. The van der Waals surface area contributed by atoms with E-state index in [0.29, 0.717) is 5.84 Å². The van der Waals surface area contributed by atoms with Crippen molar-refractivity contribution in [3.05, 3.63) is 33.9 Å². The van der Waals surface area contributed by atoms with Gasteiger partial charge in [0.1, 0.15) is 5.84 Å². The molecule has 0 fully saturated rings. The Labute approximate surface area is 85.9 Å². The van der Waals surface area contributed by atoms with Crippen LogP contribution >= 0.6 is 0 Å². The van der Waals surface area contributed by atoms with Crippen molar-refractivity contribution in [3.8, 4) is 0 Å². The normalized spacial score (nSPS) is 11.9. The van der Waals surface area contributed by atoms with E-state index in [1.54, 1.807) is 7.05 Å². The highest BCUT2D eigenvalue weighted by Crippen LogP contribution is 2.21. The first-order valence-corrected chi connectivity index (χ1v) is 4.79. The Balaban J connectivity index is 3.55. The van der Waals surface area contributed by atoms with Gasteiger partial charge in [-0.2, -0.15) is 0 Å². The van der Waals surface area contributed by atoms with Crippen LogP contribution in [-0.4, -0.2) is 12.9 Å². The van der Waals surface area contributed by atoms with Crippen LogP contribution in [0.3, 0.4) is 0 Å². The molecule has 0 bridgehead atoms. The smallest absolute Gasteiger partial charge is 0.125 e. The predicted molar refractivity (Wildman–Crippen MR) is 62.0 cm³/mol. The lowest BCUT2D eigenvalue weighted by Gasteiger charge is -2.14. The molecule has 0 spiro atoms. The van der Waals surface area contributed by atoms with Gasteiger partial charge in [-0.15, -0.1) is 0 Å². The van der Waals surface area contributed by atoms with E-state index in [1.165, 1.54) is 22.3 Å². The van der Waals surface area contributed by atoms with E-state index in [4.69, 9.17) is 5.73 Å². The maximum absolute atomic E-state index is 5.88. The van der Waals surface area contributed by atoms with Gasteiger partial charge < -0.3 is 5.73 Å². The first-order valence-electron chi connectivity index (χ1n) is 4.79. The van der Waals surface area contributed by atoms with Gasteiger partial charge in [0, 0.05) is 12.6 Å². The highest BCUT2D eigenvalue weighted by atomic mass is 14.8. The second-order valence-electron chi connectivity index (χ2n) is 3.74. The van der Waals surface area contributed by atoms with Crippen LogP contribution < -0.4 is 5.73 Å². The fraction of sp³-hybridized carbons (Fsp3) is 0.417. The molecule has 0 saturated heterocycles. The third kappa shape index (κ3) is 1.65. The van der Waals surface area contributed by atoms with Gasteiger partial charge in [0.2, 0.25) is 0 Å². The lowest BCUT2D eigenvalue weighted by molar-refractivity contribution is 1.21. The zero-order valence-electron chi connectivity index (χ0n) is 9.60. The fourth-order valence-corrected chi connectivity index (χ4v) is 1.71. The molecule has 0 unspecified atom stereocenters. The minimum absolute atomic E-state index is 0.631. The summed E-state index contributed by atoms with van der Waals surface area (Å²) in [6.07, 6.45) is 0. The minimum atomic E-state index is 0.631. The molecule has 0 heterocycles. The molecule has 1 rings (SSSR count). The van der Waals surface area contributed by atoms with Crippen LogP contribution in [0.1, 0.15) is 27.8 Å². The average molecular weight is 190 g/mol. The molecule has 0 radical (unpaired) electrons. The molecule has 0 aliphatic rings. The monoisotopic (exact) mass is 190 g/mol. The van der Waals surface area contributed by atoms with Crippen molar-refractivity contribution in [1.29, 1.82) is 0 Å². The van der Waals surface area contributed by atoms with Gasteiger partial charge in [-0.05, 0) is 49.9 Å². The van der Waals surface area contributed by atoms with Gasteiger partial charge in [0.05, 0.1) is 0 Å². The van der Waals surface area contributed by atoms with Gasteiger partial charge in [0.25, 0.3) is 0 Å². The van der Waals surface area contributed by atoms with Crippen LogP contribution in [0.2, 0.25) is 0 Å². The van der Waals surface area contributed by atoms with E-state index in [0.717, 1.165) is 5.56 Å². The van der Waals surface area contributed by atoms with Crippen molar-refractivity contribution in [1.82, 2.24) is 0 Å². The lowest BCUT2D eigenvalue weighted by atomic mass is 9.94. The van der Waals surface area contributed by atoms with E-state index in [9.17, 15) is 0 Å². The number of aliphatic imine (C=N–C) groups is 1. The second-order valence-corrected chi connectivity index (χ2v) is 3.74.